The second-order valence-corrected chi connectivity index (χ2v) is 10.9. The van der Waals surface area contributed by atoms with Crippen LogP contribution in [0.1, 0.15) is 137 Å². The second kappa shape index (κ2) is 23.1. The van der Waals surface area contributed by atoms with Crippen molar-refractivity contribution in [1.29, 1.82) is 0 Å². The number of nitrogens with one attached hydrogen (secondary N) is 1. The van der Waals surface area contributed by atoms with Crippen molar-refractivity contribution in [2.24, 2.45) is 5.73 Å². The zero-order valence-electron chi connectivity index (χ0n) is 20.4. The summed E-state index contributed by atoms with van der Waals surface area (Å²) in [5.41, 5.74) is 6.07. The maximum absolute atomic E-state index is 6.01. The molecule has 0 rings (SSSR count). The summed E-state index contributed by atoms with van der Waals surface area (Å²) in [5, 5.41) is 3.54. The van der Waals surface area contributed by atoms with Crippen molar-refractivity contribution in [2.75, 3.05) is 6.54 Å². The van der Waals surface area contributed by atoms with Crippen LogP contribution in [0.5, 0.6) is 0 Å². The highest BCUT2D eigenvalue weighted by atomic mass is 35.5. The van der Waals surface area contributed by atoms with Gasteiger partial charge in [-0.15, -0.1) is 12.4 Å². The van der Waals surface area contributed by atoms with Gasteiger partial charge in [-0.2, -0.15) is 0 Å². The lowest BCUT2D eigenvalue weighted by Gasteiger charge is -2.28. The molecule has 0 aromatic carbocycles. The van der Waals surface area contributed by atoms with Gasteiger partial charge in [0.2, 0.25) is 0 Å². The predicted molar refractivity (Wildman–Crippen MR) is 137 cm³/mol. The monoisotopic (exact) mass is 450 g/mol. The van der Waals surface area contributed by atoms with E-state index in [4.69, 9.17) is 10.2 Å². The number of rotatable bonds is 22. The van der Waals surface area contributed by atoms with Crippen LogP contribution in [0.3, 0.4) is 0 Å². The standard InChI is InChI=1S/C24H54N2OSi.ClH/c1-5-7-8-9-10-11-12-13-14-15-16-17-18-19-20-21-22-26-24(3,4)27-28-23(25)6-2;/h23,26H,5-22,25,28H2,1-4H3;1H. The Morgan fingerprint density at radius 2 is 1.10 bits per heavy atom. The van der Waals surface area contributed by atoms with E-state index in [0.29, 0.717) is 0 Å². The summed E-state index contributed by atoms with van der Waals surface area (Å²) in [6.45, 7) is 9.75. The summed E-state index contributed by atoms with van der Waals surface area (Å²) in [4.78, 5) is 0. The van der Waals surface area contributed by atoms with E-state index in [9.17, 15) is 0 Å². The van der Waals surface area contributed by atoms with Crippen molar-refractivity contribution >= 4 is 22.2 Å². The van der Waals surface area contributed by atoms with E-state index < -0.39 is 9.76 Å². The Bertz CT molecular complexity index is 319. The Morgan fingerprint density at radius 3 is 1.48 bits per heavy atom. The third-order valence-electron chi connectivity index (χ3n) is 5.76. The molecule has 1 atom stereocenters. The topological polar surface area (TPSA) is 47.3 Å². The smallest absolute Gasteiger partial charge is 0.180 e. The van der Waals surface area contributed by atoms with E-state index >= 15 is 0 Å². The molecule has 3 N–H and O–H groups in total. The van der Waals surface area contributed by atoms with E-state index in [1.807, 2.05) is 0 Å². The molecule has 0 aromatic heterocycles. The quantitative estimate of drug-likeness (QED) is 0.108. The van der Waals surface area contributed by atoms with Crippen molar-refractivity contribution < 1.29 is 4.43 Å². The van der Waals surface area contributed by atoms with Gasteiger partial charge >= 0.3 is 0 Å². The Morgan fingerprint density at radius 1 is 0.724 bits per heavy atom. The first-order valence-corrected chi connectivity index (χ1v) is 14.1. The second-order valence-electron chi connectivity index (χ2n) is 9.22. The Labute approximate surface area is 192 Å². The number of hydrogen-bond donors (Lipinski definition) is 2. The minimum atomic E-state index is -0.621. The largest absolute Gasteiger partial charge is 0.405 e. The molecule has 1 unspecified atom stereocenters. The normalized spacial score (nSPS) is 13.1. The maximum Gasteiger partial charge on any atom is 0.180 e. The molecule has 0 radical (unpaired) electrons. The van der Waals surface area contributed by atoms with Gasteiger partial charge in [-0.3, -0.25) is 5.32 Å². The number of halogens is 1. The Balaban J connectivity index is 0. The minimum Gasteiger partial charge on any atom is -0.405 e. The number of nitrogens with two attached hydrogens (primary N) is 1. The van der Waals surface area contributed by atoms with Gasteiger partial charge in [0.25, 0.3) is 0 Å². The molecule has 5 heteroatoms. The minimum absolute atomic E-state index is 0. The summed E-state index contributed by atoms with van der Waals surface area (Å²) >= 11 is 0. The van der Waals surface area contributed by atoms with Crippen LogP contribution in [-0.2, 0) is 4.43 Å². The Kier molecular flexibility index (Phi) is 25.1. The molecule has 178 valence electrons. The van der Waals surface area contributed by atoms with Crippen LogP contribution in [0.15, 0.2) is 0 Å². The molecule has 0 aliphatic carbocycles. The highest BCUT2D eigenvalue weighted by Crippen LogP contribution is 2.14. The lowest BCUT2D eigenvalue weighted by molar-refractivity contribution is 0.0737. The lowest BCUT2D eigenvalue weighted by Crippen LogP contribution is -2.46. The van der Waals surface area contributed by atoms with Gasteiger partial charge in [0.05, 0.1) is 0 Å². The van der Waals surface area contributed by atoms with Crippen molar-refractivity contribution in [3.05, 3.63) is 0 Å². The highest BCUT2D eigenvalue weighted by Gasteiger charge is 2.17. The summed E-state index contributed by atoms with van der Waals surface area (Å²) in [7, 11) is -0.621. The lowest BCUT2D eigenvalue weighted by atomic mass is 10.0. The summed E-state index contributed by atoms with van der Waals surface area (Å²) in [6, 6.07) is 0. The third-order valence-corrected chi connectivity index (χ3v) is 7.66. The highest BCUT2D eigenvalue weighted by molar-refractivity contribution is 6.29. The van der Waals surface area contributed by atoms with E-state index in [2.05, 4.69) is 33.0 Å². The molecule has 0 heterocycles. The Hall–Kier alpha value is 0.387. The van der Waals surface area contributed by atoms with Gasteiger partial charge in [-0.25, -0.2) is 0 Å². The maximum atomic E-state index is 6.01. The summed E-state index contributed by atoms with van der Waals surface area (Å²) in [5.74, 6) is 0. The molecule has 0 amide bonds. The third kappa shape index (κ3) is 24.5. The van der Waals surface area contributed by atoms with E-state index in [-0.39, 0.29) is 23.8 Å². The number of unbranched alkanes of at least 4 members (excludes halogenated alkanes) is 15. The van der Waals surface area contributed by atoms with Gasteiger partial charge in [-0.1, -0.05) is 110 Å². The SMILES string of the molecule is CCCCCCCCCCCCCCCCCCNC(C)(C)O[SiH2]C(N)CC.Cl. The molecule has 0 aliphatic heterocycles. The first kappa shape index (κ1) is 31.6. The van der Waals surface area contributed by atoms with Crippen LogP contribution in [-0.4, -0.2) is 27.7 Å². The van der Waals surface area contributed by atoms with Gasteiger partial charge in [-0.05, 0) is 33.2 Å². The van der Waals surface area contributed by atoms with Gasteiger partial charge in [0.1, 0.15) is 5.72 Å². The van der Waals surface area contributed by atoms with Crippen molar-refractivity contribution in [3.8, 4) is 0 Å². The van der Waals surface area contributed by atoms with Crippen LogP contribution in [0.4, 0.5) is 0 Å². The predicted octanol–water partition coefficient (Wildman–Crippen LogP) is 6.79. The van der Waals surface area contributed by atoms with E-state index in [1.54, 1.807) is 0 Å². The van der Waals surface area contributed by atoms with Crippen LogP contribution < -0.4 is 11.1 Å². The molecular weight excluding hydrogens is 396 g/mol. The van der Waals surface area contributed by atoms with Gasteiger partial charge in [0.15, 0.2) is 9.76 Å². The molecule has 0 saturated carbocycles. The van der Waals surface area contributed by atoms with Crippen LogP contribution >= 0.6 is 12.4 Å². The molecule has 3 nitrogen and oxygen atoms in total. The fourth-order valence-electron chi connectivity index (χ4n) is 3.55. The molecule has 0 aliphatic rings. The molecule has 0 spiro atoms. The van der Waals surface area contributed by atoms with Crippen molar-refractivity contribution in [1.82, 2.24) is 5.32 Å². The summed E-state index contributed by atoms with van der Waals surface area (Å²) in [6.07, 6.45) is 23.8. The van der Waals surface area contributed by atoms with Crippen LogP contribution in [0.25, 0.3) is 0 Å². The number of hydrogen-bond acceptors (Lipinski definition) is 3. The van der Waals surface area contributed by atoms with E-state index in [1.165, 1.54) is 103 Å². The van der Waals surface area contributed by atoms with Crippen molar-refractivity contribution in [3.63, 3.8) is 0 Å². The first-order chi connectivity index (χ1) is 13.5. The van der Waals surface area contributed by atoms with E-state index in [0.717, 1.165) is 13.0 Å². The molecule has 0 saturated heterocycles. The molecular formula is C24H55ClN2OSi. The molecule has 29 heavy (non-hydrogen) atoms. The average Bonchev–Trinajstić information content (AvgIpc) is 2.68. The zero-order chi connectivity index (χ0) is 20.9. The van der Waals surface area contributed by atoms with Gasteiger partial charge < -0.3 is 10.2 Å². The molecule has 0 aromatic rings. The van der Waals surface area contributed by atoms with Crippen molar-refractivity contribution in [2.45, 2.75) is 148 Å². The summed E-state index contributed by atoms with van der Waals surface area (Å²) < 4.78 is 6.01. The fourth-order valence-corrected chi connectivity index (χ4v) is 4.52. The molecule has 0 bridgehead atoms. The first-order valence-electron chi connectivity index (χ1n) is 12.7. The zero-order valence-corrected chi connectivity index (χ0v) is 22.6. The molecule has 0 fully saturated rings. The van der Waals surface area contributed by atoms with Crippen LogP contribution in [0.2, 0.25) is 0 Å². The average molecular weight is 451 g/mol. The van der Waals surface area contributed by atoms with Crippen LogP contribution in [0, 0.1) is 0 Å². The van der Waals surface area contributed by atoms with Gasteiger partial charge in [0, 0.05) is 5.67 Å². The fraction of sp³-hybridized carbons (Fsp3) is 1.00.